The SMILES string of the molecule is CCC(=O)c1cc([N+](=O)[O-])c(O)c([N+](=O)[O-])c1O. The van der Waals surface area contributed by atoms with Gasteiger partial charge in [-0.3, -0.25) is 25.0 Å². The van der Waals surface area contributed by atoms with Gasteiger partial charge < -0.3 is 10.2 Å². The maximum atomic E-state index is 11.4. The van der Waals surface area contributed by atoms with Crippen LogP contribution in [0.1, 0.15) is 23.7 Å². The van der Waals surface area contributed by atoms with E-state index in [1.165, 1.54) is 6.92 Å². The second-order valence-corrected chi connectivity index (χ2v) is 3.28. The predicted molar refractivity (Wildman–Crippen MR) is 57.7 cm³/mol. The molecule has 0 amide bonds. The molecule has 96 valence electrons. The second-order valence-electron chi connectivity index (χ2n) is 3.28. The molecule has 0 fully saturated rings. The first-order chi connectivity index (χ1) is 8.31. The summed E-state index contributed by atoms with van der Waals surface area (Å²) in [6.07, 6.45) is -0.105. The third-order valence-corrected chi connectivity index (χ3v) is 2.23. The fourth-order valence-corrected chi connectivity index (χ4v) is 1.35. The molecule has 0 spiro atoms. The highest BCUT2D eigenvalue weighted by atomic mass is 16.6. The van der Waals surface area contributed by atoms with Gasteiger partial charge in [-0.05, 0) is 0 Å². The lowest BCUT2D eigenvalue weighted by atomic mass is 10.0. The standard InChI is InChI=1S/C9H8N2O7/c1-2-6(12)4-3-5(10(15)16)9(14)7(8(4)13)11(17)18/h3,13-14H,2H2,1H3. The smallest absolute Gasteiger partial charge is 0.359 e. The molecule has 0 unspecified atom stereocenters. The van der Waals surface area contributed by atoms with Crippen molar-refractivity contribution in [2.24, 2.45) is 0 Å². The first kappa shape index (κ1) is 13.4. The molecule has 0 heterocycles. The van der Waals surface area contributed by atoms with Crippen LogP contribution in [0.4, 0.5) is 11.4 Å². The molecule has 0 saturated carbocycles. The van der Waals surface area contributed by atoms with E-state index in [1.807, 2.05) is 0 Å². The second kappa shape index (κ2) is 4.65. The van der Waals surface area contributed by atoms with Gasteiger partial charge in [-0.2, -0.15) is 0 Å². The van der Waals surface area contributed by atoms with Gasteiger partial charge in [0.15, 0.2) is 5.78 Å². The van der Waals surface area contributed by atoms with E-state index in [1.54, 1.807) is 0 Å². The molecule has 0 saturated heterocycles. The number of hydrogen-bond donors (Lipinski definition) is 2. The van der Waals surface area contributed by atoms with Crippen molar-refractivity contribution in [2.45, 2.75) is 13.3 Å². The maximum Gasteiger partial charge on any atom is 0.359 e. The van der Waals surface area contributed by atoms with Crippen LogP contribution in [0.25, 0.3) is 0 Å². The summed E-state index contributed by atoms with van der Waals surface area (Å²) in [4.78, 5) is 30.4. The molecule has 0 atom stereocenters. The monoisotopic (exact) mass is 256 g/mol. The Kier molecular flexibility index (Phi) is 3.45. The highest BCUT2D eigenvalue weighted by Crippen LogP contribution is 2.44. The summed E-state index contributed by atoms with van der Waals surface area (Å²) in [7, 11) is 0. The van der Waals surface area contributed by atoms with E-state index in [-0.39, 0.29) is 6.42 Å². The van der Waals surface area contributed by atoms with Crippen LogP contribution in [-0.4, -0.2) is 25.8 Å². The Morgan fingerprint density at radius 2 is 1.78 bits per heavy atom. The van der Waals surface area contributed by atoms with Gasteiger partial charge in [0.2, 0.25) is 5.75 Å². The van der Waals surface area contributed by atoms with E-state index in [0.717, 1.165) is 0 Å². The van der Waals surface area contributed by atoms with Crippen LogP contribution in [0.3, 0.4) is 0 Å². The number of carbonyl (C=O) groups is 1. The van der Waals surface area contributed by atoms with E-state index in [2.05, 4.69) is 0 Å². The normalized spacial score (nSPS) is 10.1. The quantitative estimate of drug-likeness (QED) is 0.471. The molecular weight excluding hydrogens is 248 g/mol. The number of phenols is 2. The summed E-state index contributed by atoms with van der Waals surface area (Å²) in [5, 5.41) is 40.1. The van der Waals surface area contributed by atoms with Crippen molar-refractivity contribution < 1.29 is 24.9 Å². The summed E-state index contributed by atoms with van der Waals surface area (Å²) in [6.45, 7) is 1.42. The number of nitrogens with zero attached hydrogens (tertiary/aromatic N) is 2. The van der Waals surface area contributed by atoms with Crippen LogP contribution >= 0.6 is 0 Å². The first-order valence-electron chi connectivity index (χ1n) is 4.72. The van der Waals surface area contributed by atoms with Gasteiger partial charge in [0.1, 0.15) is 0 Å². The number of nitro groups is 2. The number of phenolic OH excluding ortho intramolecular Hbond substituents is 2. The lowest BCUT2D eigenvalue weighted by molar-refractivity contribution is -0.396. The predicted octanol–water partition coefficient (Wildman–Crippen LogP) is 1.51. The van der Waals surface area contributed by atoms with Gasteiger partial charge in [0.25, 0.3) is 5.75 Å². The molecule has 0 aromatic heterocycles. The Bertz CT molecular complexity index is 552. The Balaban J connectivity index is 3.71. The maximum absolute atomic E-state index is 11.4. The molecule has 18 heavy (non-hydrogen) atoms. The fourth-order valence-electron chi connectivity index (χ4n) is 1.35. The van der Waals surface area contributed by atoms with Crippen LogP contribution in [0.5, 0.6) is 11.5 Å². The Morgan fingerprint density at radius 3 is 2.17 bits per heavy atom. The third kappa shape index (κ3) is 2.05. The van der Waals surface area contributed by atoms with Crippen LogP contribution in [0, 0.1) is 20.2 Å². The molecule has 0 aliphatic carbocycles. The summed E-state index contributed by atoms with van der Waals surface area (Å²) in [5.74, 6) is -3.07. The zero-order chi connectivity index (χ0) is 14.0. The zero-order valence-corrected chi connectivity index (χ0v) is 9.11. The average Bonchev–Trinajstić information content (AvgIpc) is 2.27. The van der Waals surface area contributed by atoms with Crippen molar-refractivity contribution in [3.8, 4) is 11.5 Å². The molecule has 2 N–H and O–H groups in total. The molecule has 0 bridgehead atoms. The number of carbonyl (C=O) groups excluding carboxylic acids is 1. The number of rotatable bonds is 4. The molecule has 0 aliphatic rings. The lowest BCUT2D eigenvalue weighted by Crippen LogP contribution is -2.03. The first-order valence-corrected chi connectivity index (χ1v) is 4.72. The van der Waals surface area contributed by atoms with Crippen molar-refractivity contribution in [1.82, 2.24) is 0 Å². The lowest BCUT2D eigenvalue weighted by Gasteiger charge is -2.05. The van der Waals surface area contributed by atoms with Crippen LogP contribution in [0.15, 0.2) is 6.07 Å². The molecule has 1 rings (SSSR count). The number of hydrogen-bond acceptors (Lipinski definition) is 7. The fraction of sp³-hybridized carbons (Fsp3) is 0.222. The van der Waals surface area contributed by atoms with E-state index >= 15 is 0 Å². The Hall–Kier alpha value is -2.71. The minimum Gasteiger partial charge on any atom is -0.501 e. The molecular formula is C9H8N2O7. The van der Waals surface area contributed by atoms with Crippen LogP contribution < -0.4 is 0 Å². The number of benzene rings is 1. The molecule has 0 radical (unpaired) electrons. The van der Waals surface area contributed by atoms with Gasteiger partial charge in [-0.25, -0.2) is 0 Å². The van der Waals surface area contributed by atoms with Crippen molar-refractivity contribution in [1.29, 1.82) is 0 Å². The van der Waals surface area contributed by atoms with E-state index < -0.39 is 44.1 Å². The number of Topliss-reactive ketones (excluding diaryl/α,β-unsaturated/α-hetero) is 1. The Morgan fingerprint density at radius 1 is 1.22 bits per heavy atom. The molecule has 1 aromatic rings. The zero-order valence-electron chi connectivity index (χ0n) is 9.11. The van der Waals surface area contributed by atoms with E-state index in [0.29, 0.717) is 6.07 Å². The molecule has 1 aromatic carbocycles. The van der Waals surface area contributed by atoms with Crippen LogP contribution in [0.2, 0.25) is 0 Å². The van der Waals surface area contributed by atoms with Crippen molar-refractivity contribution >= 4 is 17.2 Å². The number of ketones is 1. The van der Waals surface area contributed by atoms with E-state index in [9.17, 15) is 35.2 Å². The highest BCUT2D eigenvalue weighted by molar-refractivity contribution is 6.01. The van der Waals surface area contributed by atoms with Crippen LogP contribution in [-0.2, 0) is 0 Å². The number of nitro benzene ring substituents is 2. The summed E-state index contributed by atoms with van der Waals surface area (Å²) in [6, 6.07) is 0.615. The minimum atomic E-state index is -1.28. The summed E-state index contributed by atoms with van der Waals surface area (Å²) < 4.78 is 0. The molecule has 9 nitrogen and oxygen atoms in total. The summed E-state index contributed by atoms with van der Waals surface area (Å²) >= 11 is 0. The van der Waals surface area contributed by atoms with Crippen molar-refractivity contribution in [3.05, 3.63) is 31.9 Å². The largest absolute Gasteiger partial charge is 0.501 e. The molecule has 9 heteroatoms. The molecule has 0 aliphatic heterocycles. The average molecular weight is 256 g/mol. The topological polar surface area (TPSA) is 144 Å². The van der Waals surface area contributed by atoms with E-state index in [4.69, 9.17) is 0 Å². The Labute approximate surface area is 99.6 Å². The summed E-state index contributed by atoms with van der Waals surface area (Å²) in [5.41, 5.74) is -2.81. The minimum absolute atomic E-state index is 0.105. The van der Waals surface area contributed by atoms with Gasteiger partial charge in [0.05, 0.1) is 15.4 Å². The van der Waals surface area contributed by atoms with Gasteiger partial charge in [0, 0.05) is 12.5 Å². The van der Waals surface area contributed by atoms with Gasteiger partial charge in [-0.15, -0.1) is 0 Å². The highest BCUT2D eigenvalue weighted by Gasteiger charge is 2.33. The number of aromatic hydroxyl groups is 2. The van der Waals surface area contributed by atoms with Crippen molar-refractivity contribution in [3.63, 3.8) is 0 Å². The van der Waals surface area contributed by atoms with Gasteiger partial charge >= 0.3 is 11.4 Å². The van der Waals surface area contributed by atoms with Crippen molar-refractivity contribution in [2.75, 3.05) is 0 Å². The third-order valence-electron chi connectivity index (χ3n) is 2.23. The van der Waals surface area contributed by atoms with Gasteiger partial charge in [-0.1, -0.05) is 6.92 Å².